The van der Waals surface area contributed by atoms with Crippen LogP contribution in [-0.4, -0.2) is 28.2 Å². The summed E-state index contributed by atoms with van der Waals surface area (Å²) in [4.78, 5) is 0. The minimum atomic E-state index is -4.44. The molecule has 96 valence electrons. The van der Waals surface area contributed by atoms with Gasteiger partial charge in [0.15, 0.2) is 5.69 Å². The number of nitrogens with zero attached hydrogens (tertiary/aromatic N) is 2. The van der Waals surface area contributed by atoms with Crippen molar-refractivity contribution in [2.24, 2.45) is 0 Å². The lowest BCUT2D eigenvalue weighted by molar-refractivity contribution is -0.141. The van der Waals surface area contributed by atoms with Gasteiger partial charge in [-0.1, -0.05) is 6.92 Å². The van der Waals surface area contributed by atoms with E-state index in [1.165, 1.54) is 6.07 Å². The lowest BCUT2D eigenvalue weighted by Crippen LogP contribution is -2.22. The van der Waals surface area contributed by atoms with E-state index in [1.807, 2.05) is 13.2 Å². The van der Waals surface area contributed by atoms with Crippen LogP contribution < -0.4 is 5.32 Å². The Bertz CT molecular complexity index is 340. The quantitative estimate of drug-likeness (QED) is 0.888. The zero-order valence-electron chi connectivity index (χ0n) is 9.58. The van der Waals surface area contributed by atoms with Crippen LogP contribution >= 0.6 is 11.8 Å². The Balaban J connectivity index is 2.68. The van der Waals surface area contributed by atoms with Gasteiger partial charge in [-0.25, -0.2) is 0 Å². The van der Waals surface area contributed by atoms with Crippen LogP contribution in [0.5, 0.6) is 0 Å². The Morgan fingerprint density at radius 3 is 2.47 bits per heavy atom. The van der Waals surface area contributed by atoms with Crippen molar-refractivity contribution in [1.82, 2.24) is 10.2 Å². The van der Waals surface area contributed by atoms with Gasteiger partial charge >= 0.3 is 6.18 Å². The molecule has 0 aromatic carbocycles. The highest BCUT2D eigenvalue weighted by molar-refractivity contribution is 7.98. The molecule has 0 saturated carbocycles. The second-order valence-electron chi connectivity index (χ2n) is 3.51. The minimum Gasteiger partial charge on any atom is -0.365 e. The first-order valence-electron chi connectivity index (χ1n) is 5.13. The van der Waals surface area contributed by atoms with E-state index in [0.29, 0.717) is 5.82 Å². The van der Waals surface area contributed by atoms with Crippen molar-refractivity contribution in [2.75, 3.05) is 17.3 Å². The molecule has 1 unspecified atom stereocenters. The summed E-state index contributed by atoms with van der Waals surface area (Å²) >= 11 is 1.67. The lowest BCUT2D eigenvalue weighted by Gasteiger charge is -2.16. The highest BCUT2D eigenvalue weighted by atomic mass is 32.2. The van der Waals surface area contributed by atoms with Crippen LogP contribution in [0.25, 0.3) is 0 Å². The summed E-state index contributed by atoms with van der Waals surface area (Å²) < 4.78 is 36.7. The molecule has 0 saturated heterocycles. The molecule has 0 spiro atoms. The molecular weight excluding hydrogens is 251 g/mol. The average Bonchev–Trinajstić information content (AvgIpc) is 2.28. The standard InChI is InChI=1S/C10H14F3N3S/c1-3-7(6-17-2)14-9-5-4-8(15-16-9)10(11,12)13/h4-5,7H,3,6H2,1-2H3,(H,14,16). The van der Waals surface area contributed by atoms with E-state index in [1.54, 1.807) is 11.8 Å². The maximum absolute atomic E-state index is 12.2. The van der Waals surface area contributed by atoms with Gasteiger partial charge in [0.25, 0.3) is 0 Å². The Kier molecular flexibility index (Phi) is 5.04. The van der Waals surface area contributed by atoms with Crippen LogP contribution in [0.4, 0.5) is 19.0 Å². The number of thioether (sulfide) groups is 1. The normalized spacial score (nSPS) is 13.5. The summed E-state index contributed by atoms with van der Waals surface area (Å²) in [6, 6.07) is 2.43. The summed E-state index contributed by atoms with van der Waals surface area (Å²) in [7, 11) is 0. The molecule has 0 aliphatic rings. The van der Waals surface area contributed by atoms with Crippen molar-refractivity contribution < 1.29 is 13.2 Å². The van der Waals surface area contributed by atoms with Crippen molar-refractivity contribution >= 4 is 17.6 Å². The molecule has 0 radical (unpaired) electrons. The first kappa shape index (κ1) is 14.1. The van der Waals surface area contributed by atoms with E-state index in [4.69, 9.17) is 0 Å². The largest absolute Gasteiger partial charge is 0.435 e. The van der Waals surface area contributed by atoms with Gasteiger partial charge in [-0.2, -0.15) is 24.9 Å². The Morgan fingerprint density at radius 2 is 2.06 bits per heavy atom. The van der Waals surface area contributed by atoms with E-state index in [2.05, 4.69) is 15.5 Å². The molecule has 0 fully saturated rings. The first-order valence-corrected chi connectivity index (χ1v) is 6.53. The Hall–Kier alpha value is -0.980. The summed E-state index contributed by atoms with van der Waals surface area (Å²) in [6.45, 7) is 2.01. The predicted octanol–water partition coefficient (Wildman–Crippen LogP) is 3.05. The lowest BCUT2D eigenvalue weighted by atomic mass is 10.2. The zero-order valence-corrected chi connectivity index (χ0v) is 10.4. The van der Waals surface area contributed by atoms with Gasteiger partial charge < -0.3 is 5.32 Å². The van der Waals surface area contributed by atoms with Gasteiger partial charge in [0.2, 0.25) is 0 Å². The molecule has 1 N–H and O–H groups in total. The summed E-state index contributed by atoms with van der Waals surface area (Å²) in [5, 5.41) is 9.72. The van der Waals surface area contributed by atoms with Gasteiger partial charge in [-0.15, -0.1) is 10.2 Å². The molecule has 1 aromatic rings. The number of alkyl halides is 3. The van der Waals surface area contributed by atoms with Gasteiger partial charge in [0.1, 0.15) is 5.82 Å². The molecule has 1 aromatic heterocycles. The molecule has 0 bridgehead atoms. The van der Waals surface area contributed by atoms with Crippen molar-refractivity contribution in [3.63, 3.8) is 0 Å². The third-order valence-corrected chi connectivity index (χ3v) is 2.90. The molecule has 3 nitrogen and oxygen atoms in total. The summed E-state index contributed by atoms with van der Waals surface area (Å²) in [5.41, 5.74) is -0.971. The van der Waals surface area contributed by atoms with Gasteiger partial charge in [-0.3, -0.25) is 0 Å². The molecule has 0 amide bonds. The van der Waals surface area contributed by atoms with Crippen molar-refractivity contribution in [2.45, 2.75) is 25.6 Å². The predicted molar refractivity (Wildman–Crippen MR) is 63.1 cm³/mol. The molecule has 0 aliphatic heterocycles. The monoisotopic (exact) mass is 265 g/mol. The third kappa shape index (κ3) is 4.41. The highest BCUT2D eigenvalue weighted by Gasteiger charge is 2.32. The zero-order chi connectivity index (χ0) is 12.9. The summed E-state index contributed by atoms with van der Waals surface area (Å²) in [5.74, 6) is 1.25. The van der Waals surface area contributed by atoms with E-state index >= 15 is 0 Å². The second kappa shape index (κ2) is 6.09. The van der Waals surface area contributed by atoms with Crippen LogP contribution in [0.3, 0.4) is 0 Å². The van der Waals surface area contributed by atoms with E-state index in [-0.39, 0.29) is 6.04 Å². The van der Waals surface area contributed by atoms with E-state index in [9.17, 15) is 13.2 Å². The Morgan fingerprint density at radius 1 is 1.35 bits per heavy atom. The second-order valence-corrected chi connectivity index (χ2v) is 4.42. The van der Waals surface area contributed by atoms with Gasteiger partial charge in [0.05, 0.1) is 0 Å². The number of anilines is 1. The van der Waals surface area contributed by atoms with Crippen LogP contribution in [-0.2, 0) is 6.18 Å². The van der Waals surface area contributed by atoms with Crippen molar-refractivity contribution in [1.29, 1.82) is 0 Å². The van der Waals surface area contributed by atoms with Gasteiger partial charge in [-0.05, 0) is 24.8 Å². The summed E-state index contributed by atoms with van der Waals surface area (Å²) in [6.07, 6.45) is -1.58. The van der Waals surface area contributed by atoms with Crippen molar-refractivity contribution in [3.8, 4) is 0 Å². The fourth-order valence-corrected chi connectivity index (χ4v) is 1.95. The Labute approximate surface area is 102 Å². The highest BCUT2D eigenvalue weighted by Crippen LogP contribution is 2.27. The number of rotatable bonds is 5. The van der Waals surface area contributed by atoms with Crippen LogP contribution in [0.1, 0.15) is 19.0 Å². The van der Waals surface area contributed by atoms with E-state index < -0.39 is 11.9 Å². The molecule has 17 heavy (non-hydrogen) atoms. The smallest absolute Gasteiger partial charge is 0.365 e. The minimum absolute atomic E-state index is 0.191. The molecule has 1 atom stereocenters. The number of hydrogen-bond donors (Lipinski definition) is 1. The first-order chi connectivity index (χ1) is 7.97. The van der Waals surface area contributed by atoms with Gasteiger partial charge in [0, 0.05) is 11.8 Å². The number of nitrogens with one attached hydrogen (secondary N) is 1. The van der Waals surface area contributed by atoms with Crippen LogP contribution in [0.2, 0.25) is 0 Å². The SMILES string of the molecule is CCC(CSC)Nc1ccc(C(F)(F)F)nn1. The van der Waals surface area contributed by atoms with Crippen LogP contribution in [0.15, 0.2) is 12.1 Å². The average molecular weight is 265 g/mol. The maximum atomic E-state index is 12.2. The van der Waals surface area contributed by atoms with E-state index in [0.717, 1.165) is 18.2 Å². The topological polar surface area (TPSA) is 37.8 Å². The van der Waals surface area contributed by atoms with Crippen LogP contribution in [0, 0.1) is 0 Å². The molecule has 7 heteroatoms. The number of aromatic nitrogens is 2. The molecular formula is C10H14F3N3S. The molecule has 0 aliphatic carbocycles. The van der Waals surface area contributed by atoms with Crippen molar-refractivity contribution in [3.05, 3.63) is 17.8 Å². The molecule has 1 rings (SSSR count). The fraction of sp³-hybridized carbons (Fsp3) is 0.600. The number of hydrogen-bond acceptors (Lipinski definition) is 4. The fourth-order valence-electron chi connectivity index (χ4n) is 1.23. The third-order valence-electron chi connectivity index (χ3n) is 2.17. The molecule has 1 heterocycles. The number of halogens is 3. The maximum Gasteiger partial charge on any atom is 0.435 e.